The summed E-state index contributed by atoms with van der Waals surface area (Å²) in [4.78, 5) is 28.7. The first-order valence-corrected chi connectivity index (χ1v) is 9.61. The van der Waals surface area contributed by atoms with E-state index < -0.39 is 0 Å². The van der Waals surface area contributed by atoms with Crippen LogP contribution < -0.4 is 5.32 Å². The van der Waals surface area contributed by atoms with Crippen LogP contribution in [0, 0.1) is 6.92 Å². The predicted molar refractivity (Wildman–Crippen MR) is 101 cm³/mol. The number of hydrogen-bond donors (Lipinski definition) is 1. The van der Waals surface area contributed by atoms with Gasteiger partial charge in [0.25, 0.3) is 5.91 Å². The van der Waals surface area contributed by atoms with E-state index in [0.717, 1.165) is 42.1 Å². The van der Waals surface area contributed by atoms with E-state index in [9.17, 15) is 9.59 Å². The largest absolute Gasteiger partial charge is 0.462 e. The highest BCUT2D eigenvalue weighted by Gasteiger charge is 2.29. The molecule has 1 aliphatic rings. The minimum Gasteiger partial charge on any atom is -0.462 e. The van der Waals surface area contributed by atoms with Gasteiger partial charge in [-0.3, -0.25) is 14.4 Å². The highest BCUT2D eigenvalue weighted by Crippen LogP contribution is 2.37. The van der Waals surface area contributed by atoms with E-state index in [-0.39, 0.29) is 11.9 Å². The van der Waals surface area contributed by atoms with Crippen molar-refractivity contribution in [2.24, 2.45) is 7.05 Å². The van der Waals surface area contributed by atoms with Crippen molar-refractivity contribution in [1.82, 2.24) is 14.7 Å². The fraction of sp³-hybridized carbons (Fsp3) is 0.500. The first-order valence-electron chi connectivity index (χ1n) is 8.80. The smallest absolute Gasteiger partial charge is 0.341 e. The minimum absolute atomic E-state index is 0.303. The van der Waals surface area contributed by atoms with Crippen molar-refractivity contribution in [2.75, 3.05) is 25.0 Å². The first kappa shape index (κ1) is 18.6. The Morgan fingerprint density at radius 2 is 2.15 bits per heavy atom. The van der Waals surface area contributed by atoms with Crippen molar-refractivity contribution < 1.29 is 14.3 Å². The van der Waals surface area contributed by atoms with Gasteiger partial charge in [0.2, 0.25) is 0 Å². The number of rotatable bonds is 5. The number of hydrogen-bond acceptors (Lipinski definition) is 6. The molecule has 2 aromatic rings. The number of carbonyl (C=O) groups excluding carboxylic acids is 2. The lowest BCUT2D eigenvalue weighted by molar-refractivity contribution is 0.0526. The molecule has 2 aromatic heterocycles. The number of aryl methyl sites for hydroxylation is 2. The van der Waals surface area contributed by atoms with Crippen LogP contribution in [0.4, 0.5) is 5.00 Å². The third-order valence-electron chi connectivity index (χ3n) is 4.52. The molecule has 0 saturated heterocycles. The van der Waals surface area contributed by atoms with Crippen LogP contribution in [0.5, 0.6) is 0 Å². The van der Waals surface area contributed by atoms with E-state index in [0.29, 0.717) is 22.9 Å². The third kappa shape index (κ3) is 3.52. The number of carbonyl (C=O) groups is 2. The molecule has 7 nitrogen and oxygen atoms in total. The lowest BCUT2D eigenvalue weighted by Crippen LogP contribution is -2.30. The van der Waals surface area contributed by atoms with Crippen LogP contribution in [0.2, 0.25) is 0 Å². The van der Waals surface area contributed by atoms with Gasteiger partial charge in [0.05, 0.1) is 12.2 Å². The first-order chi connectivity index (χ1) is 12.4. The lowest BCUT2D eigenvalue weighted by atomic mass is 10.0. The van der Waals surface area contributed by atoms with Gasteiger partial charge >= 0.3 is 5.97 Å². The molecular weight excluding hydrogens is 352 g/mol. The Morgan fingerprint density at radius 3 is 2.77 bits per heavy atom. The zero-order chi connectivity index (χ0) is 18.8. The molecule has 0 atom stereocenters. The quantitative estimate of drug-likeness (QED) is 0.812. The Kier molecular flexibility index (Phi) is 5.43. The van der Waals surface area contributed by atoms with Gasteiger partial charge in [0, 0.05) is 36.8 Å². The Morgan fingerprint density at radius 1 is 1.38 bits per heavy atom. The van der Waals surface area contributed by atoms with Crippen molar-refractivity contribution >= 4 is 28.2 Å². The van der Waals surface area contributed by atoms with Crippen molar-refractivity contribution in [2.45, 2.75) is 33.7 Å². The monoisotopic (exact) mass is 376 g/mol. The second-order valence-corrected chi connectivity index (χ2v) is 7.44. The molecule has 140 valence electrons. The summed E-state index contributed by atoms with van der Waals surface area (Å²) in [6.45, 7) is 8.70. The van der Waals surface area contributed by atoms with Crippen LogP contribution in [0.3, 0.4) is 0 Å². The topological polar surface area (TPSA) is 76.5 Å². The van der Waals surface area contributed by atoms with E-state index >= 15 is 0 Å². The standard InChI is InChI=1S/C18H24N4O3S/c1-5-22-8-7-12-13(10-22)26-17(14(12)18(24)25-6-2)19-16(23)15-11(3)9-21(4)20-15/h9H,5-8,10H2,1-4H3,(H,19,23). The number of anilines is 1. The third-order valence-corrected chi connectivity index (χ3v) is 5.65. The Labute approximate surface area is 156 Å². The number of fused-ring (bicyclic) bond motifs is 1. The van der Waals surface area contributed by atoms with Crippen LogP contribution >= 0.6 is 11.3 Å². The molecule has 26 heavy (non-hydrogen) atoms. The number of likely N-dealkylation sites (N-methyl/N-ethyl adjacent to an activating group) is 1. The molecule has 0 bridgehead atoms. The average Bonchev–Trinajstić information content (AvgIpc) is 3.13. The predicted octanol–water partition coefficient (Wildman–Crippen LogP) is 2.60. The average molecular weight is 376 g/mol. The van der Waals surface area contributed by atoms with Crippen LogP contribution in [-0.2, 0) is 24.8 Å². The molecule has 1 aliphatic heterocycles. The van der Waals surface area contributed by atoms with E-state index in [1.54, 1.807) is 24.9 Å². The van der Waals surface area contributed by atoms with Crippen LogP contribution in [-0.4, -0.2) is 46.3 Å². The second-order valence-electron chi connectivity index (χ2n) is 6.34. The van der Waals surface area contributed by atoms with Crippen molar-refractivity contribution in [3.8, 4) is 0 Å². The minimum atomic E-state index is -0.372. The van der Waals surface area contributed by atoms with Gasteiger partial charge in [-0.05, 0) is 32.4 Å². The molecular formula is C18H24N4O3S. The number of ether oxygens (including phenoxy) is 1. The van der Waals surface area contributed by atoms with Gasteiger partial charge in [-0.15, -0.1) is 11.3 Å². The Bertz CT molecular complexity index is 840. The van der Waals surface area contributed by atoms with E-state index in [4.69, 9.17) is 4.74 Å². The molecule has 1 amide bonds. The molecule has 0 fully saturated rings. The number of thiophene rings is 1. The highest BCUT2D eigenvalue weighted by molar-refractivity contribution is 7.17. The molecule has 0 saturated carbocycles. The summed E-state index contributed by atoms with van der Waals surface area (Å²) in [6, 6.07) is 0. The van der Waals surface area contributed by atoms with E-state index in [1.807, 2.05) is 6.92 Å². The summed E-state index contributed by atoms with van der Waals surface area (Å²) in [6.07, 6.45) is 2.58. The molecule has 1 N–H and O–H groups in total. The Hall–Kier alpha value is -2.19. The SMILES string of the molecule is CCOC(=O)c1c(NC(=O)c2nn(C)cc2C)sc2c1CCN(CC)C2. The fourth-order valence-corrected chi connectivity index (χ4v) is 4.50. The summed E-state index contributed by atoms with van der Waals surface area (Å²) >= 11 is 1.46. The maximum atomic E-state index is 12.7. The lowest BCUT2D eigenvalue weighted by Gasteiger charge is -2.25. The van der Waals surface area contributed by atoms with Gasteiger partial charge in [-0.2, -0.15) is 5.10 Å². The molecule has 3 rings (SSSR count). The number of aromatic nitrogens is 2. The zero-order valence-corrected chi connectivity index (χ0v) is 16.4. The molecule has 0 spiro atoms. The van der Waals surface area contributed by atoms with E-state index in [2.05, 4.69) is 22.2 Å². The summed E-state index contributed by atoms with van der Waals surface area (Å²) in [5.41, 5.74) is 2.67. The molecule has 3 heterocycles. The number of esters is 1. The van der Waals surface area contributed by atoms with E-state index in [1.165, 1.54) is 11.3 Å². The zero-order valence-electron chi connectivity index (χ0n) is 15.6. The van der Waals surface area contributed by atoms with Gasteiger partial charge in [-0.1, -0.05) is 6.92 Å². The maximum Gasteiger partial charge on any atom is 0.341 e. The van der Waals surface area contributed by atoms with Crippen LogP contribution in [0.1, 0.15) is 50.7 Å². The second kappa shape index (κ2) is 7.59. The van der Waals surface area contributed by atoms with Gasteiger partial charge < -0.3 is 10.1 Å². The van der Waals surface area contributed by atoms with Crippen molar-refractivity contribution in [3.63, 3.8) is 0 Å². The normalized spacial score (nSPS) is 14.2. The van der Waals surface area contributed by atoms with Gasteiger partial charge in [0.1, 0.15) is 5.00 Å². The summed E-state index contributed by atoms with van der Waals surface area (Å²) in [5.74, 6) is -0.678. The molecule has 0 unspecified atom stereocenters. The van der Waals surface area contributed by atoms with Gasteiger partial charge in [0.15, 0.2) is 5.69 Å². The summed E-state index contributed by atoms with van der Waals surface area (Å²) in [7, 11) is 1.77. The maximum absolute atomic E-state index is 12.7. The van der Waals surface area contributed by atoms with Crippen molar-refractivity contribution in [1.29, 1.82) is 0 Å². The molecule has 0 aliphatic carbocycles. The Balaban J connectivity index is 1.95. The molecule has 0 radical (unpaired) electrons. The van der Waals surface area contributed by atoms with Crippen LogP contribution in [0.25, 0.3) is 0 Å². The highest BCUT2D eigenvalue weighted by atomic mass is 32.1. The molecule has 8 heteroatoms. The fourth-order valence-electron chi connectivity index (χ4n) is 3.23. The number of amides is 1. The van der Waals surface area contributed by atoms with Crippen LogP contribution in [0.15, 0.2) is 6.20 Å². The molecule has 0 aromatic carbocycles. The summed E-state index contributed by atoms with van der Waals surface area (Å²) < 4.78 is 6.85. The van der Waals surface area contributed by atoms with Crippen molar-refractivity contribution in [3.05, 3.63) is 33.5 Å². The van der Waals surface area contributed by atoms with Gasteiger partial charge in [-0.25, -0.2) is 4.79 Å². The summed E-state index contributed by atoms with van der Waals surface area (Å²) in [5, 5.41) is 7.66. The number of nitrogens with zero attached hydrogens (tertiary/aromatic N) is 3. The number of nitrogens with one attached hydrogen (secondary N) is 1.